The zero-order valence-corrected chi connectivity index (χ0v) is 15.6. The molecule has 1 amide bonds. The Morgan fingerprint density at radius 2 is 2.04 bits per heavy atom. The molecule has 1 saturated carbocycles. The minimum Gasteiger partial charge on any atom is -0.482 e. The van der Waals surface area contributed by atoms with Crippen LogP contribution in [0.2, 0.25) is 5.02 Å². The first kappa shape index (κ1) is 19.3. The molecular weight excluding hydrogens is 349 g/mol. The van der Waals surface area contributed by atoms with Crippen molar-refractivity contribution in [3.8, 4) is 5.75 Å². The summed E-state index contributed by atoms with van der Waals surface area (Å²) in [5.41, 5.74) is 0. The van der Waals surface area contributed by atoms with E-state index in [1.807, 2.05) is 11.9 Å². The quantitative estimate of drug-likeness (QED) is 0.768. The number of likely N-dealkylation sites (tertiary alicyclic amines) is 1. The Balaban J connectivity index is 0.00000208. The molecule has 3 rings (SSSR count). The maximum Gasteiger partial charge on any atom is 0.260 e. The summed E-state index contributed by atoms with van der Waals surface area (Å²) >= 11 is 5.86. The minimum atomic E-state index is 0. The number of hydrogen-bond acceptors (Lipinski definition) is 4. The van der Waals surface area contributed by atoms with Gasteiger partial charge in [-0.15, -0.1) is 12.4 Å². The second-order valence-electron chi connectivity index (χ2n) is 6.61. The van der Waals surface area contributed by atoms with Crippen LogP contribution in [0.25, 0.3) is 0 Å². The van der Waals surface area contributed by atoms with Crippen molar-refractivity contribution in [3.05, 3.63) is 23.5 Å². The molecule has 0 N–H and O–H groups in total. The van der Waals surface area contributed by atoms with E-state index in [-0.39, 0.29) is 24.9 Å². The number of hydrogen-bond donors (Lipinski definition) is 0. The van der Waals surface area contributed by atoms with Crippen molar-refractivity contribution in [2.24, 2.45) is 5.92 Å². The van der Waals surface area contributed by atoms with Gasteiger partial charge in [-0.1, -0.05) is 11.6 Å². The van der Waals surface area contributed by atoms with Gasteiger partial charge < -0.3 is 14.5 Å². The molecular formula is C17H25Cl2N3O2. The van der Waals surface area contributed by atoms with Crippen molar-refractivity contribution in [2.45, 2.75) is 31.7 Å². The molecule has 24 heavy (non-hydrogen) atoms. The van der Waals surface area contributed by atoms with Crippen LogP contribution in [0.15, 0.2) is 18.5 Å². The summed E-state index contributed by atoms with van der Waals surface area (Å²) < 4.78 is 5.49. The van der Waals surface area contributed by atoms with Crippen LogP contribution >= 0.6 is 24.0 Å². The summed E-state index contributed by atoms with van der Waals surface area (Å²) in [6.45, 7) is 3.46. The second-order valence-corrected chi connectivity index (χ2v) is 7.04. The van der Waals surface area contributed by atoms with E-state index in [0.29, 0.717) is 16.8 Å². The third-order valence-electron chi connectivity index (χ3n) is 4.75. The largest absolute Gasteiger partial charge is 0.482 e. The molecule has 1 aromatic heterocycles. The molecule has 5 nitrogen and oxygen atoms in total. The lowest BCUT2D eigenvalue weighted by molar-refractivity contribution is -0.135. The van der Waals surface area contributed by atoms with Crippen molar-refractivity contribution < 1.29 is 9.53 Å². The Hall–Kier alpha value is -1.04. The number of nitrogens with zero attached hydrogens (tertiary/aromatic N) is 3. The summed E-state index contributed by atoms with van der Waals surface area (Å²) in [4.78, 5) is 20.6. The first-order valence-electron chi connectivity index (χ1n) is 8.33. The fraction of sp³-hybridized carbons (Fsp3) is 0.647. The van der Waals surface area contributed by atoms with E-state index in [4.69, 9.17) is 16.3 Å². The maximum absolute atomic E-state index is 12.3. The standard InChI is InChI=1S/C17H24ClN3O2.ClH/c1-20(15-4-6-21(7-5-15)11-13-2-3-13)17(22)12-23-16-8-14(18)9-19-10-16;/h8-10,13,15H,2-7,11-12H2,1H3;1H. The fourth-order valence-electron chi connectivity index (χ4n) is 3.08. The summed E-state index contributed by atoms with van der Waals surface area (Å²) in [5.74, 6) is 1.47. The molecule has 1 saturated heterocycles. The van der Waals surface area contributed by atoms with Crippen LogP contribution in [0.4, 0.5) is 0 Å². The molecule has 0 atom stereocenters. The second kappa shape index (κ2) is 8.88. The van der Waals surface area contributed by atoms with Gasteiger partial charge in [0.05, 0.1) is 11.2 Å². The topological polar surface area (TPSA) is 45.7 Å². The van der Waals surface area contributed by atoms with Crippen molar-refractivity contribution in [1.29, 1.82) is 0 Å². The predicted octanol–water partition coefficient (Wildman–Crippen LogP) is 2.87. The average Bonchev–Trinajstić information content (AvgIpc) is 3.37. The molecule has 1 aliphatic carbocycles. The van der Waals surface area contributed by atoms with Crippen LogP contribution in [-0.4, -0.2) is 60.0 Å². The van der Waals surface area contributed by atoms with Gasteiger partial charge in [0.1, 0.15) is 5.75 Å². The lowest BCUT2D eigenvalue weighted by atomic mass is 10.0. The Morgan fingerprint density at radius 3 is 2.67 bits per heavy atom. The third kappa shape index (κ3) is 5.50. The number of amides is 1. The average molecular weight is 374 g/mol. The van der Waals surface area contributed by atoms with Crippen LogP contribution in [0.5, 0.6) is 5.75 Å². The van der Waals surface area contributed by atoms with Gasteiger partial charge in [-0.25, -0.2) is 0 Å². The first-order valence-corrected chi connectivity index (χ1v) is 8.71. The summed E-state index contributed by atoms with van der Waals surface area (Å²) in [5, 5.41) is 0.506. The molecule has 2 fully saturated rings. The van der Waals surface area contributed by atoms with Crippen LogP contribution in [0.1, 0.15) is 25.7 Å². The molecule has 134 valence electrons. The number of halogens is 2. The molecule has 2 aliphatic rings. The Bertz CT molecular complexity index is 546. The molecule has 0 aromatic carbocycles. The molecule has 0 radical (unpaired) electrons. The number of carbonyl (C=O) groups excluding carboxylic acids is 1. The van der Waals surface area contributed by atoms with Gasteiger partial charge in [0.2, 0.25) is 0 Å². The zero-order chi connectivity index (χ0) is 16.2. The normalized spacial score (nSPS) is 18.8. The number of piperidine rings is 1. The lowest BCUT2D eigenvalue weighted by Gasteiger charge is -2.36. The van der Waals surface area contributed by atoms with E-state index >= 15 is 0 Å². The summed E-state index contributed by atoms with van der Waals surface area (Å²) in [6.07, 6.45) is 8.00. The molecule has 0 spiro atoms. The van der Waals surface area contributed by atoms with Gasteiger partial charge in [0.25, 0.3) is 5.91 Å². The molecule has 0 bridgehead atoms. The highest BCUT2D eigenvalue weighted by atomic mass is 35.5. The van der Waals surface area contributed by atoms with Gasteiger partial charge in [-0.05, 0) is 31.6 Å². The highest BCUT2D eigenvalue weighted by molar-refractivity contribution is 6.30. The van der Waals surface area contributed by atoms with Crippen molar-refractivity contribution in [3.63, 3.8) is 0 Å². The molecule has 0 unspecified atom stereocenters. The SMILES string of the molecule is CN(C(=O)COc1cncc(Cl)c1)C1CCN(CC2CC2)CC1.Cl. The first-order chi connectivity index (χ1) is 11.1. The fourth-order valence-corrected chi connectivity index (χ4v) is 3.24. The maximum atomic E-state index is 12.3. The number of carbonyl (C=O) groups is 1. The number of aromatic nitrogens is 1. The van der Waals surface area contributed by atoms with Gasteiger partial charge in [-0.2, -0.15) is 0 Å². The molecule has 1 aromatic rings. The van der Waals surface area contributed by atoms with Crippen LogP contribution in [0.3, 0.4) is 0 Å². The smallest absolute Gasteiger partial charge is 0.260 e. The predicted molar refractivity (Wildman–Crippen MR) is 96.9 cm³/mol. The molecule has 1 aliphatic heterocycles. The van der Waals surface area contributed by atoms with Crippen molar-refractivity contribution in [1.82, 2.24) is 14.8 Å². The van der Waals surface area contributed by atoms with E-state index in [0.717, 1.165) is 31.8 Å². The molecule has 7 heteroatoms. The zero-order valence-electron chi connectivity index (χ0n) is 14.0. The van der Waals surface area contributed by atoms with Crippen LogP contribution in [0, 0.1) is 5.92 Å². The Labute approximate surface area is 154 Å². The van der Waals surface area contributed by atoms with Gasteiger partial charge in [0.15, 0.2) is 6.61 Å². The van der Waals surface area contributed by atoms with Crippen LogP contribution in [-0.2, 0) is 4.79 Å². The van der Waals surface area contributed by atoms with E-state index in [1.54, 1.807) is 12.3 Å². The lowest BCUT2D eigenvalue weighted by Crippen LogP contribution is -2.47. The number of pyridine rings is 1. The summed E-state index contributed by atoms with van der Waals surface area (Å²) in [6, 6.07) is 1.98. The van der Waals surface area contributed by atoms with E-state index in [1.165, 1.54) is 25.6 Å². The Morgan fingerprint density at radius 1 is 1.33 bits per heavy atom. The van der Waals surface area contributed by atoms with E-state index < -0.39 is 0 Å². The van der Waals surface area contributed by atoms with E-state index in [2.05, 4.69) is 9.88 Å². The third-order valence-corrected chi connectivity index (χ3v) is 4.96. The number of ether oxygens (including phenoxy) is 1. The van der Waals surface area contributed by atoms with Gasteiger partial charge in [0, 0.05) is 45.0 Å². The molecule has 2 heterocycles. The van der Waals surface area contributed by atoms with Crippen LogP contribution < -0.4 is 4.74 Å². The highest BCUT2D eigenvalue weighted by Crippen LogP contribution is 2.30. The summed E-state index contributed by atoms with van der Waals surface area (Å²) in [7, 11) is 1.88. The monoisotopic (exact) mass is 373 g/mol. The minimum absolute atomic E-state index is 0. The number of rotatable bonds is 6. The van der Waals surface area contributed by atoms with Crippen molar-refractivity contribution >= 4 is 29.9 Å². The highest BCUT2D eigenvalue weighted by Gasteiger charge is 2.29. The van der Waals surface area contributed by atoms with Gasteiger partial charge in [-0.3, -0.25) is 9.78 Å². The Kier molecular flexibility index (Phi) is 7.14. The van der Waals surface area contributed by atoms with E-state index in [9.17, 15) is 4.79 Å². The number of likely N-dealkylation sites (N-methyl/N-ethyl adjacent to an activating group) is 1. The van der Waals surface area contributed by atoms with Gasteiger partial charge >= 0.3 is 0 Å². The van der Waals surface area contributed by atoms with Crippen molar-refractivity contribution in [2.75, 3.05) is 33.3 Å².